The highest BCUT2D eigenvalue weighted by atomic mass is 16.5. The smallest absolute Gasteiger partial charge is 0.406 e. The summed E-state index contributed by atoms with van der Waals surface area (Å²) in [5.41, 5.74) is 0. The average Bonchev–Trinajstić information content (AvgIpc) is 2.38. The number of amides is 2. The zero-order valence-corrected chi connectivity index (χ0v) is 11.6. The number of carbonyl (C=O) groups excluding carboxylic acids is 2. The Morgan fingerprint density at radius 3 is 2.78 bits per heavy atom. The van der Waals surface area contributed by atoms with E-state index in [2.05, 4.69) is 17.0 Å². The molecule has 1 saturated heterocycles. The largest absolute Gasteiger partial charge is 0.453 e. The van der Waals surface area contributed by atoms with Crippen molar-refractivity contribution in [3.05, 3.63) is 0 Å². The third kappa shape index (κ3) is 4.20. The standard InChI is InChI=1S/C13H24N2O3/c1-4-11(8-14-13(17)18-3)12(16)15-7-5-6-10(2)9-15/h10-11H,4-9H2,1-3H3,(H,14,17). The van der Waals surface area contributed by atoms with Crippen LogP contribution in [0.2, 0.25) is 0 Å². The molecule has 2 amide bonds. The van der Waals surface area contributed by atoms with Crippen LogP contribution >= 0.6 is 0 Å². The van der Waals surface area contributed by atoms with Crippen molar-refractivity contribution in [2.24, 2.45) is 11.8 Å². The first-order chi connectivity index (χ1) is 8.58. The summed E-state index contributed by atoms with van der Waals surface area (Å²) in [5.74, 6) is 0.587. The molecule has 1 fully saturated rings. The van der Waals surface area contributed by atoms with Crippen LogP contribution in [0.3, 0.4) is 0 Å². The number of ether oxygens (including phenoxy) is 1. The van der Waals surface area contributed by atoms with Crippen LogP contribution in [0.1, 0.15) is 33.1 Å². The molecule has 1 rings (SSSR count). The van der Waals surface area contributed by atoms with Gasteiger partial charge in [-0.2, -0.15) is 0 Å². The molecule has 0 saturated carbocycles. The summed E-state index contributed by atoms with van der Waals surface area (Å²) in [6, 6.07) is 0. The van der Waals surface area contributed by atoms with Crippen LogP contribution in [0.4, 0.5) is 4.79 Å². The molecule has 5 heteroatoms. The number of alkyl carbamates (subject to hydrolysis) is 1. The minimum Gasteiger partial charge on any atom is -0.453 e. The van der Waals surface area contributed by atoms with E-state index in [1.807, 2.05) is 11.8 Å². The van der Waals surface area contributed by atoms with Crippen molar-refractivity contribution in [1.29, 1.82) is 0 Å². The first-order valence-electron chi connectivity index (χ1n) is 6.69. The summed E-state index contributed by atoms with van der Waals surface area (Å²) in [4.78, 5) is 25.3. The molecular weight excluding hydrogens is 232 g/mol. The molecule has 1 heterocycles. The molecule has 2 atom stereocenters. The van der Waals surface area contributed by atoms with Crippen molar-refractivity contribution in [3.63, 3.8) is 0 Å². The molecule has 1 aliphatic heterocycles. The maximum absolute atomic E-state index is 12.3. The molecule has 0 aromatic heterocycles. The number of hydrogen-bond donors (Lipinski definition) is 1. The van der Waals surface area contributed by atoms with Crippen LogP contribution < -0.4 is 5.32 Å². The third-order valence-corrected chi connectivity index (χ3v) is 3.49. The van der Waals surface area contributed by atoms with E-state index in [4.69, 9.17) is 0 Å². The van der Waals surface area contributed by atoms with Gasteiger partial charge in [-0.25, -0.2) is 4.79 Å². The second kappa shape index (κ2) is 7.24. The molecule has 0 aromatic rings. The quantitative estimate of drug-likeness (QED) is 0.831. The van der Waals surface area contributed by atoms with Crippen LogP contribution in [0.25, 0.3) is 0 Å². The van der Waals surface area contributed by atoms with E-state index in [-0.39, 0.29) is 11.8 Å². The van der Waals surface area contributed by atoms with Gasteiger partial charge in [0, 0.05) is 19.6 Å². The van der Waals surface area contributed by atoms with Crippen LogP contribution in [-0.4, -0.2) is 43.6 Å². The molecule has 0 radical (unpaired) electrons. The Bertz CT molecular complexity index is 294. The molecule has 0 aliphatic carbocycles. The molecule has 0 bridgehead atoms. The van der Waals surface area contributed by atoms with Crippen molar-refractivity contribution in [3.8, 4) is 0 Å². The molecule has 2 unspecified atom stereocenters. The molecule has 0 aromatic carbocycles. The number of likely N-dealkylation sites (tertiary alicyclic amines) is 1. The lowest BCUT2D eigenvalue weighted by atomic mass is 9.97. The molecule has 5 nitrogen and oxygen atoms in total. The summed E-state index contributed by atoms with van der Waals surface area (Å²) < 4.78 is 4.51. The summed E-state index contributed by atoms with van der Waals surface area (Å²) in [7, 11) is 1.32. The summed E-state index contributed by atoms with van der Waals surface area (Å²) in [6.45, 7) is 6.18. The van der Waals surface area contributed by atoms with E-state index in [9.17, 15) is 9.59 Å². The lowest BCUT2D eigenvalue weighted by Crippen LogP contribution is -2.45. The summed E-state index contributed by atoms with van der Waals surface area (Å²) in [5, 5.41) is 2.61. The molecule has 104 valence electrons. The molecule has 18 heavy (non-hydrogen) atoms. The molecule has 0 spiro atoms. The number of carbonyl (C=O) groups is 2. The summed E-state index contributed by atoms with van der Waals surface area (Å²) in [6.07, 6.45) is 2.52. The number of piperidine rings is 1. The van der Waals surface area contributed by atoms with Crippen molar-refractivity contribution in [2.45, 2.75) is 33.1 Å². The highest BCUT2D eigenvalue weighted by Crippen LogP contribution is 2.18. The predicted octanol–water partition coefficient (Wildman–Crippen LogP) is 1.63. The normalized spacial score (nSPS) is 21.3. The topological polar surface area (TPSA) is 58.6 Å². The van der Waals surface area contributed by atoms with E-state index in [1.165, 1.54) is 13.5 Å². The fourth-order valence-corrected chi connectivity index (χ4v) is 2.33. The van der Waals surface area contributed by atoms with Crippen LogP contribution in [0.5, 0.6) is 0 Å². The molecule has 1 N–H and O–H groups in total. The fraction of sp³-hybridized carbons (Fsp3) is 0.846. The summed E-state index contributed by atoms with van der Waals surface area (Å²) >= 11 is 0. The average molecular weight is 256 g/mol. The monoisotopic (exact) mass is 256 g/mol. The van der Waals surface area contributed by atoms with Crippen LogP contribution in [0.15, 0.2) is 0 Å². The maximum Gasteiger partial charge on any atom is 0.406 e. The Kier molecular flexibility index (Phi) is 5.95. The zero-order chi connectivity index (χ0) is 13.5. The lowest BCUT2D eigenvalue weighted by Gasteiger charge is -2.33. The van der Waals surface area contributed by atoms with E-state index in [0.29, 0.717) is 12.5 Å². The molecular formula is C13H24N2O3. The fourth-order valence-electron chi connectivity index (χ4n) is 2.33. The Labute approximate surface area is 109 Å². The number of hydrogen-bond acceptors (Lipinski definition) is 3. The highest BCUT2D eigenvalue weighted by molar-refractivity contribution is 5.79. The van der Waals surface area contributed by atoms with Crippen molar-refractivity contribution >= 4 is 12.0 Å². The van der Waals surface area contributed by atoms with Crippen LogP contribution in [0, 0.1) is 11.8 Å². The van der Waals surface area contributed by atoms with E-state index in [1.54, 1.807) is 0 Å². The van der Waals surface area contributed by atoms with Crippen molar-refractivity contribution in [1.82, 2.24) is 10.2 Å². The van der Waals surface area contributed by atoms with Gasteiger partial charge in [0.25, 0.3) is 0 Å². The Morgan fingerprint density at radius 1 is 1.50 bits per heavy atom. The van der Waals surface area contributed by atoms with E-state index >= 15 is 0 Å². The van der Waals surface area contributed by atoms with Gasteiger partial charge in [-0.15, -0.1) is 0 Å². The van der Waals surface area contributed by atoms with Gasteiger partial charge in [-0.1, -0.05) is 13.8 Å². The highest BCUT2D eigenvalue weighted by Gasteiger charge is 2.26. The lowest BCUT2D eigenvalue weighted by molar-refractivity contribution is -0.137. The van der Waals surface area contributed by atoms with Gasteiger partial charge < -0.3 is 15.0 Å². The number of rotatable bonds is 4. The first-order valence-corrected chi connectivity index (χ1v) is 6.69. The third-order valence-electron chi connectivity index (χ3n) is 3.49. The van der Waals surface area contributed by atoms with Crippen molar-refractivity contribution in [2.75, 3.05) is 26.7 Å². The van der Waals surface area contributed by atoms with E-state index in [0.717, 1.165) is 25.9 Å². The Balaban J connectivity index is 2.47. The van der Waals surface area contributed by atoms with Gasteiger partial charge in [-0.3, -0.25) is 4.79 Å². The van der Waals surface area contributed by atoms with Gasteiger partial charge >= 0.3 is 6.09 Å². The number of nitrogens with one attached hydrogen (secondary N) is 1. The van der Waals surface area contributed by atoms with Gasteiger partial charge in [0.15, 0.2) is 0 Å². The van der Waals surface area contributed by atoms with E-state index < -0.39 is 6.09 Å². The first kappa shape index (κ1) is 14.8. The second-order valence-corrected chi connectivity index (χ2v) is 5.01. The minimum atomic E-state index is -0.478. The van der Waals surface area contributed by atoms with Gasteiger partial charge in [0.05, 0.1) is 13.0 Å². The second-order valence-electron chi connectivity index (χ2n) is 5.01. The SMILES string of the molecule is CCC(CNC(=O)OC)C(=O)N1CCCC(C)C1. The van der Waals surface area contributed by atoms with Gasteiger partial charge in [0.2, 0.25) is 5.91 Å². The predicted molar refractivity (Wildman–Crippen MR) is 69.2 cm³/mol. The Morgan fingerprint density at radius 2 is 2.22 bits per heavy atom. The van der Waals surface area contributed by atoms with Gasteiger partial charge in [0.1, 0.15) is 0 Å². The molecule has 1 aliphatic rings. The maximum atomic E-state index is 12.3. The van der Waals surface area contributed by atoms with Crippen molar-refractivity contribution < 1.29 is 14.3 Å². The number of nitrogens with zero attached hydrogens (tertiary/aromatic N) is 1. The number of methoxy groups -OCH3 is 1. The van der Waals surface area contributed by atoms with Crippen LogP contribution in [-0.2, 0) is 9.53 Å². The zero-order valence-electron chi connectivity index (χ0n) is 11.6. The Hall–Kier alpha value is -1.26. The minimum absolute atomic E-state index is 0.144. The van der Waals surface area contributed by atoms with Gasteiger partial charge in [-0.05, 0) is 25.2 Å².